The van der Waals surface area contributed by atoms with E-state index in [9.17, 15) is 18.0 Å². The quantitative estimate of drug-likeness (QED) is 0.434. The summed E-state index contributed by atoms with van der Waals surface area (Å²) < 4.78 is 64.0. The number of benzene rings is 1. The van der Waals surface area contributed by atoms with Crippen molar-refractivity contribution in [2.45, 2.75) is 25.7 Å². The van der Waals surface area contributed by atoms with Gasteiger partial charge in [-0.1, -0.05) is 6.92 Å². The molecule has 0 saturated carbocycles. The van der Waals surface area contributed by atoms with E-state index in [4.69, 9.17) is 10.5 Å². The third-order valence-corrected chi connectivity index (χ3v) is 5.73. The fourth-order valence-electron chi connectivity index (χ4n) is 4.28. The highest BCUT2D eigenvalue weighted by molar-refractivity contribution is 5.96. The summed E-state index contributed by atoms with van der Waals surface area (Å²) in [5.74, 6) is -2.07. The monoisotopic (exact) mass is 490 g/mol. The lowest BCUT2D eigenvalue weighted by atomic mass is 10.00. The first-order valence-corrected chi connectivity index (χ1v) is 10.6. The van der Waals surface area contributed by atoms with E-state index in [1.165, 1.54) is 23.5 Å². The third-order valence-electron chi connectivity index (χ3n) is 5.73. The normalized spacial score (nSPS) is 16.1. The molecule has 182 valence electrons. The van der Waals surface area contributed by atoms with Gasteiger partial charge in [-0.2, -0.15) is 0 Å². The van der Waals surface area contributed by atoms with Gasteiger partial charge in [-0.25, -0.2) is 19.3 Å². The molecule has 3 aromatic heterocycles. The zero-order valence-corrected chi connectivity index (χ0v) is 18.2. The Balaban J connectivity index is 1.54. The Morgan fingerprint density at radius 3 is 2.80 bits per heavy atom. The number of halogens is 4. The van der Waals surface area contributed by atoms with Gasteiger partial charge in [0.25, 0.3) is 5.91 Å². The van der Waals surface area contributed by atoms with Crippen LogP contribution in [-0.2, 0) is 0 Å². The van der Waals surface area contributed by atoms with Crippen LogP contribution in [0.1, 0.15) is 35.4 Å². The Labute approximate surface area is 195 Å². The largest absolute Gasteiger partial charge is 0.573 e. The van der Waals surface area contributed by atoms with Crippen molar-refractivity contribution in [3.8, 4) is 11.5 Å². The van der Waals surface area contributed by atoms with Gasteiger partial charge in [-0.3, -0.25) is 9.20 Å². The minimum Gasteiger partial charge on any atom is -0.491 e. The molecule has 1 aromatic carbocycles. The molecule has 13 heteroatoms. The molecule has 1 unspecified atom stereocenters. The average molecular weight is 490 g/mol. The van der Waals surface area contributed by atoms with Crippen molar-refractivity contribution < 1.29 is 31.8 Å². The van der Waals surface area contributed by atoms with Gasteiger partial charge in [0.1, 0.15) is 46.5 Å². The Morgan fingerprint density at radius 1 is 1.26 bits per heavy atom. The summed E-state index contributed by atoms with van der Waals surface area (Å²) in [6, 6.07) is 2.33. The van der Waals surface area contributed by atoms with E-state index < -0.39 is 29.9 Å². The van der Waals surface area contributed by atoms with Gasteiger partial charge in [0.05, 0.1) is 42.4 Å². The van der Waals surface area contributed by atoms with Crippen LogP contribution in [0.5, 0.6) is 11.5 Å². The smallest absolute Gasteiger partial charge is 0.491 e. The van der Waals surface area contributed by atoms with Gasteiger partial charge in [-0.15, -0.1) is 13.2 Å². The Hall–Kier alpha value is -4.16. The number of carbonyl (C=O) groups excluding carboxylic acids is 1. The maximum absolute atomic E-state index is 15.0. The van der Waals surface area contributed by atoms with Crippen LogP contribution in [0.2, 0.25) is 0 Å². The van der Waals surface area contributed by atoms with Gasteiger partial charge >= 0.3 is 6.36 Å². The summed E-state index contributed by atoms with van der Waals surface area (Å²) in [5, 5.41) is 0. The number of hydrogen-bond donors (Lipinski definition) is 1. The molecule has 1 aliphatic heterocycles. The first-order chi connectivity index (χ1) is 16.7. The highest BCUT2D eigenvalue weighted by Crippen LogP contribution is 2.40. The van der Waals surface area contributed by atoms with Gasteiger partial charge in [0.2, 0.25) is 0 Å². The number of nitrogens with zero attached hydrogens (tertiary/aromatic N) is 5. The van der Waals surface area contributed by atoms with Gasteiger partial charge in [-0.05, 0) is 12.5 Å². The fourth-order valence-corrected chi connectivity index (χ4v) is 4.28. The minimum absolute atomic E-state index is 0.0277. The summed E-state index contributed by atoms with van der Waals surface area (Å²) in [5.41, 5.74) is 7.54. The summed E-state index contributed by atoms with van der Waals surface area (Å²) in [6.07, 6.45) is -0.234. The summed E-state index contributed by atoms with van der Waals surface area (Å²) in [4.78, 5) is 27.5. The molecule has 1 atom stereocenters. The Morgan fingerprint density at radius 2 is 2.06 bits per heavy atom. The molecule has 35 heavy (non-hydrogen) atoms. The van der Waals surface area contributed by atoms with Gasteiger partial charge in [0, 0.05) is 12.1 Å². The number of fused-ring (bicyclic) bond motifs is 4. The van der Waals surface area contributed by atoms with Gasteiger partial charge < -0.3 is 20.1 Å². The molecule has 9 nitrogen and oxygen atoms in total. The Kier molecular flexibility index (Phi) is 5.33. The number of nitrogen functional groups attached to an aromatic ring is 1. The second kappa shape index (κ2) is 8.25. The molecular weight excluding hydrogens is 472 g/mol. The molecule has 0 spiro atoms. The lowest BCUT2D eigenvalue weighted by Crippen LogP contribution is -2.37. The molecule has 0 aliphatic carbocycles. The van der Waals surface area contributed by atoms with E-state index in [1.54, 1.807) is 17.5 Å². The number of aromatic nitrogens is 4. The highest BCUT2D eigenvalue weighted by atomic mass is 19.4. The van der Waals surface area contributed by atoms with E-state index >= 15 is 4.39 Å². The number of amides is 1. The molecule has 1 aliphatic rings. The van der Waals surface area contributed by atoms with E-state index in [1.807, 2.05) is 0 Å². The lowest BCUT2D eigenvalue weighted by Gasteiger charge is -2.29. The molecule has 0 saturated heterocycles. The van der Waals surface area contributed by atoms with Crippen molar-refractivity contribution in [1.82, 2.24) is 24.3 Å². The van der Waals surface area contributed by atoms with Crippen LogP contribution < -0.4 is 15.2 Å². The average Bonchev–Trinajstić information content (AvgIpc) is 3.21. The molecular formula is C22H18F4N6O3. The van der Waals surface area contributed by atoms with Crippen molar-refractivity contribution >= 4 is 28.3 Å². The second-order valence-electron chi connectivity index (χ2n) is 7.84. The number of imidazole rings is 1. The van der Waals surface area contributed by atoms with Crippen LogP contribution in [0.25, 0.3) is 16.6 Å². The summed E-state index contributed by atoms with van der Waals surface area (Å²) >= 11 is 0. The van der Waals surface area contributed by atoms with Gasteiger partial charge in [0.15, 0.2) is 0 Å². The zero-order valence-electron chi connectivity index (χ0n) is 18.2. The predicted molar refractivity (Wildman–Crippen MR) is 115 cm³/mol. The highest BCUT2D eigenvalue weighted by Gasteiger charge is 2.36. The number of anilines is 1. The van der Waals surface area contributed by atoms with Crippen LogP contribution in [0, 0.1) is 5.82 Å². The number of pyridine rings is 1. The molecule has 0 fully saturated rings. The van der Waals surface area contributed by atoms with Crippen molar-refractivity contribution in [2.75, 3.05) is 18.9 Å². The third kappa shape index (κ3) is 4.02. The van der Waals surface area contributed by atoms with Crippen LogP contribution in [0.3, 0.4) is 0 Å². The first kappa shape index (κ1) is 22.6. The molecule has 4 heterocycles. The molecule has 0 radical (unpaired) electrons. The van der Waals surface area contributed by atoms with Crippen molar-refractivity contribution in [1.29, 1.82) is 0 Å². The van der Waals surface area contributed by atoms with Crippen molar-refractivity contribution in [3.05, 3.63) is 54.0 Å². The standard InChI is InChI=1S/C22H18F4N6O3/c1-2-15-19-12(23)5-11(35-22(24,25)26)6-18(19)34-4-3-31(15)21(33)13-7-16-14(8-29-13)30-20(27)17-9-28-10-32(16)17/h5-10,15H,2-4H2,1H3,(H2,27,30). The fraction of sp³-hybridized carbons (Fsp3) is 0.273. The maximum atomic E-state index is 15.0. The molecule has 0 bridgehead atoms. The number of nitrogens with two attached hydrogens (primary N) is 1. The molecule has 5 rings (SSSR count). The molecule has 2 N–H and O–H groups in total. The van der Waals surface area contributed by atoms with E-state index in [0.29, 0.717) is 22.6 Å². The van der Waals surface area contributed by atoms with E-state index in [0.717, 1.165) is 6.07 Å². The second-order valence-corrected chi connectivity index (χ2v) is 7.84. The van der Waals surface area contributed by atoms with Crippen LogP contribution >= 0.6 is 0 Å². The SMILES string of the molecule is CCC1c2c(F)cc(OC(F)(F)F)cc2OCCN1C(=O)c1cc2c(cn1)nc(N)c1cncn12. The number of ether oxygens (including phenoxy) is 2. The molecule has 1 amide bonds. The number of hydrogen-bond acceptors (Lipinski definition) is 7. The summed E-state index contributed by atoms with van der Waals surface area (Å²) in [6.45, 7) is 1.72. The number of carbonyl (C=O) groups is 1. The van der Waals surface area contributed by atoms with Crippen LogP contribution in [0.15, 0.2) is 36.9 Å². The van der Waals surface area contributed by atoms with Crippen LogP contribution in [0.4, 0.5) is 23.4 Å². The molecule has 4 aromatic rings. The lowest BCUT2D eigenvalue weighted by molar-refractivity contribution is -0.274. The number of rotatable bonds is 3. The summed E-state index contributed by atoms with van der Waals surface area (Å²) in [7, 11) is 0. The number of alkyl halides is 3. The van der Waals surface area contributed by atoms with Crippen molar-refractivity contribution in [3.63, 3.8) is 0 Å². The minimum atomic E-state index is -4.99. The van der Waals surface area contributed by atoms with Crippen molar-refractivity contribution in [2.24, 2.45) is 0 Å². The topological polar surface area (TPSA) is 108 Å². The van der Waals surface area contributed by atoms with E-state index in [-0.39, 0.29) is 42.4 Å². The maximum Gasteiger partial charge on any atom is 0.573 e. The van der Waals surface area contributed by atoms with Crippen LogP contribution in [-0.4, -0.2) is 49.7 Å². The first-order valence-electron chi connectivity index (χ1n) is 10.6. The zero-order chi connectivity index (χ0) is 24.9. The van der Waals surface area contributed by atoms with E-state index in [2.05, 4.69) is 19.7 Å². The predicted octanol–water partition coefficient (Wildman–Crippen LogP) is 3.88. The Bertz CT molecular complexity index is 1450.